The molecule has 9 rings (SSSR count). The van der Waals surface area contributed by atoms with Gasteiger partial charge in [-0.05, 0) is 31.0 Å². The Bertz CT molecular complexity index is 2230. The maximum Gasteiger partial charge on any atom is 0.264 e. The van der Waals surface area contributed by atoms with E-state index in [4.69, 9.17) is 33.3 Å². The van der Waals surface area contributed by atoms with Crippen molar-refractivity contribution in [2.75, 3.05) is 38.3 Å². The Labute approximate surface area is 337 Å². The van der Waals surface area contributed by atoms with Crippen LogP contribution in [0.5, 0.6) is 11.6 Å². The van der Waals surface area contributed by atoms with Crippen molar-refractivity contribution in [2.45, 2.75) is 68.0 Å². The second kappa shape index (κ2) is 16.4. The minimum Gasteiger partial charge on any atom is -0.484 e. The number of amides is 1. The van der Waals surface area contributed by atoms with E-state index in [0.717, 1.165) is 25.4 Å². The van der Waals surface area contributed by atoms with E-state index in [9.17, 15) is 9.90 Å². The minimum atomic E-state index is -2.23. The number of benzene rings is 3. The molecule has 300 valence electrons. The van der Waals surface area contributed by atoms with Gasteiger partial charge in [0.1, 0.15) is 38.2 Å². The van der Waals surface area contributed by atoms with E-state index in [1.807, 2.05) is 18.2 Å². The standard InChI is InChI=1S/C41H44N7O8PSi/c1-58(29-15-7-3-8-16-29,30-17-9-4-10-18-30)24-32-31-19-11-21-48(31)57(55-32)56-36-35-39(54-41(36,25-49)26-53-35)47-27-43-34-37(47)45-40(46-38(34)51-22-12-20-42)44-33(50)23-52-28-13-5-2-6-14-28/h2-10,13-18,27,31-32,35-36,39,49H,11-12,19,21-26H2,1H3,(H,44,45,46,50)/t31-,32+,35-,36?,39+,41+,57+/m0/s1. The molecule has 17 heteroatoms. The van der Waals surface area contributed by atoms with Crippen molar-refractivity contribution in [1.82, 2.24) is 24.2 Å². The van der Waals surface area contributed by atoms with Crippen LogP contribution in [0.3, 0.4) is 0 Å². The highest BCUT2D eigenvalue weighted by Crippen LogP contribution is 2.61. The van der Waals surface area contributed by atoms with Crippen LogP contribution in [0.25, 0.3) is 11.2 Å². The average molecular weight is 822 g/mol. The fourth-order valence-corrected chi connectivity index (χ4v) is 14.5. The number of carbonyl (C=O) groups excluding carboxylic acids is 1. The number of anilines is 1. The lowest BCUT2D eigenvalue weighted by Crippen LogP contribution is -2.58. The summed E-state index contributed by atoms with van der Waals surface area (Å²) >= 11 is 0. The molecule has 0 saturated carbocycles. The van der Waals surface area contributed by atoms with Gasteiger partial charge in [-0.15, -0.1) is 0 Å². The Morgan fingerprint density at radius 1 is 1.05 bits per heavy atom. The monoisotopic (exact) mass is 821 g/mol. The maximum absolute atomic E-state index is 13.0. The van der Waals surface area contributed by atoms with E-state index >= 15 is 0 Å². The van der Waals surface area contributed by atoms with Gasteiger partial charge < -0.3 is 33.1 Å². The number of nitrogens with zero attached hydrogens (tertiary/aromatic N) is 6. The Hall–Kier alpha value is -4.82. The van der Waals surface area contributed by atoms with Crippen molar-refractivity contribution >= 4 is 50.0 Å². The third-order valence-electron chi connectivity index (χ3n) is 11.5. The zero-order chi connectivity index (χ0) is 39.7. The van der Waals surface area contributed by atoms with Crippen molar-refractivity contribution in [1.29, 1.82) is 5.26 Å². The van der Waals surface area contributed by atoms with Gasteiger partial charge in [0.05, 0.1) is 38.1 Å². The number of rotatable bonds is 15. The normalized spacial score (nSPS) is 26.4. The number of para-hydroxylation sites is 1. The summed E-state index contributed by atoms with van der Waals surface area (Å²) in [7, 11) is -3.74. The van der Waals surface area contributed by atoms with Gasteiger partial charge in [0.2, 0.25) is 11.8 Å². The first kappa shape index (κ1) is 38.7. The smallest absolute Gasteiger partial charge is 0.264 e. The molecular formula is C41H44N7O8PSi. The van der Waals surface area contributed by atoms with Crippen LogP contribution < -0.4 is 25.2 Å². The molecule has 7 atom stereocenters. The second-order valence-electron chi connectivity index (χ2n) is 15.1. The number of nitrogens with one attached hydrogen (secondary N) is 1. The van der Waals surface area contributed by atoms with Gasteiger partial charge in [0, 0.05) is 12.6 Å². The molecule has 4 fully saturated rings. The van der Waals surface area contributed by atoms with E-state index in [1.165, 1.54) is 10.4 Å². The molecular weight excluding hydrogens is 778 g/mol. The molecule has 0 aliphatic carbocycles. The predicted molar refractivity (Wildman–Crippen MR) is 216 cm³/mol. The summed E-state index contributed by atoms with van der Waals surface area (Å²) in [4.78, 5) is 26.6. The molecule has 4 aliphatic rings. The molecule has 4 aliphatic heterocycles. The van der Waals surface area contributed by atoms with Gasteiger partial charge in [0.15, 0.2) is 24.0 Å². The highest BCUT2D eigenvalue weighted by atomic mass is 31.2. The molecule has 2 aromatic heterocycles. The van der Waals surface area contributed by atoms with Crippen LogP contribution in [0, 0.1) is 11.3 Å². The average Bonchev–Trinajstić information content (AvgIpc) is 4.10. The third kappa shape index (κ3) is 7.26. The van der Waals surface area contributed by atoms with Crippen LogP contribution in [0.2, 0.25) is 12.6 Å². The number of hydrogen-bond acceptors (Lipinski definition) is 13. The van der Waals surface area contributed by atoms with Crippen LogP contribution in [0.15, 0.2) is 97.3 Å². The van der Waals surface area contributed by atoms with Gasteiger partial charge in [-0.2, -0.15) is 15.2 Å². The first-order valence-corrected chi connectivity index (χ1v) is 23.4. The molecule has 15 nitrogen and oxygen atoms in total. The molecule has 1 amide bonds. The minimum absolute atomic E-state index is 0.0343. The summed E-state index contributed by atoms with van der Waals surface area (Å²) in [5, 5.41) is 25.5. The van der Waals surface area contributed by atoms with Gasteiger partial charge >= 0.3 is 0 Å². The van der Waals surface area contributed by atoms with E-state index in [1.54, 1.807) is 23.0 Å². The van der Waals surface area contributed by atoms with Crippen LogP contribution in [-0.4, -0.2) is 106 Å². The Morgan fingerprint density at radius 3 is 2.48 bits per heavy atom. The fourth-order valence-electron chi connectivity index (χ4n) is 8.52. The molecule has 1 unspecified atom stereocenters. The Morgan fingerprint density at radius 2 is 1.78 bits per heavy atom. The quantitative estimate of drug-likeness (QED) is 0.0876. The number of nitriles is 1. The maximum atomic E-state index is 13.0. The van der Waals surface area contributed by atoms with Crippen LogP contribution in [-0.2, 0) is 23.3 Å². The number of aromatic nitrogens is 4. The van der Waals surface area contributed by atoms with E-state index in [2.05, 4.69) is 98.2 Å². The second-order valence-corrected chi connectivity index (χ2v) is 20.8. The largest absolute Gasteiger partial charge is 0.484 e. The highest BCUT2D eigenvalue weighted by Gasteiger charge is 2.65. The number of aliphatic hydroxyl groups excluding tert-OH is 1. The summed E-state index contributed by atoms with van der Waals surface area (Å²) in [6, 6.07) is 33.8. The molecule has 0 radical (unpaired) electrons. The van der Waals surface area contributed by atoms with Crippen LogP contribution in [0.4, 0.5) is 5.95 Å². The van der Waals surface area contributed by atoms with Crippen LogP contribution in [0.1, 0.15) is 25.5 Å². The van der Waals surface area contributed by atoms with Crippen molar-refractivity contribution in [2.24, 2.45) is 0 Å². The SMILES string of the molecule is C[Si](C[C@H]1O[P@](OC2[C@@H]3OC[C@@]2(CO)O[C@H]3n2cnc3c(OCCC#N)nc(NC(=O)COc4ccccc4)nc32)N2CCC[C@@H]12)(c1ccccc1)c1ccccc1. The van der Waals surface area contributed by atoms with Crippen LogP contribution >= 0.6 is 8.53 Å². The third-order valence-corrected chi connectivity index (χ3v) is 17.7. The molecule has 0 spiro atoms. The molecule has 2 N–H and O–H groups in total. The Balaban J connectivity index is 0.970. The van der Waals surface area contributed by atoms with E-state index in [-0.39, 0.29) is 56.8 Å². The lowest BCUT2D eigenvalue weighted by atomic mass is 10.0. The summed E-state index contributed by atoms with van der Waals surface area (Å²) in [6.07, 6.45) is 1.56. The van der Waals surface area contributed by atoms with E-state index < -0.39 is 46.5 Å². The van der Waals surface area contributed by atoms with Gasteiger partial charge in [-0.3, -0.25) is 14.7 Å². The number of aliphatic hydroxyl groups is 1. The molecule has 5 aromatic rings. The van der Waals surface area contributed by atoms with Crippen molar-refractivity contribution < 1.29 is 37.9 Å². The topological polar surface area (TPSA) is 175 Å². The lowest BCUT2D eigenvalue weighted by molar-refractivity contribution is -0.184. The molecule has 2 bridgehead atoms. The summed E-state index contributed by atoms with van der Waals surface area (Å²) < 4.78 is 42.5. The van der Waals surface area contributed by atoms with E-state index in [0.29, 0.717) is 16.9 Å². The zero-order valence-electron chi connectivity index (χ0n) is 31.9. The highest BCUT2D eigenvalue weighted by molar-refractivity contribution is 7.45. The van der Waals surface area contributed by atoms with Crippen molar-refractivity contribution in [3.63, 3.8) is 0 Å². The number of hydrogen-bond donors (Lipinski definition) is 2. The number of carbonyl (C=O) groups is 1. The van der Waals surface area contributed by atoms with Gasteiger partial charge in [-0.1, -0.05) is 95.8 Å². The molecule has 4 saturated heterocycles. The van der Waals surface area contributed by atoms with Crippen molar-refractivity contribution in [3.05, 3.63) is 97.3 Å². The van der Waals surface area contributed by atoms with Gasteiger partial charge in [-0.25, -0.2) is 9.65 Å². The first-order chi connectivity index (χ1) is 28.4. The number of imidazole rings is 1. The van der Waals surface area contributed by atoms with Crippen molar-refractivity contribution in [3.8, 4) is 17.7 Å². The summed E-state index contributed by atoms with van der Waals surface area (Å²) in [5.41, 5.74) is -0.579. The first-order valence-electron chi connectivity index (χ1n) is 19.5. The zero-order valence-corrected chi connectivity index (χ0v) is 33.8. The summed E-state index contributed by atoms with van der Waals surface area (Å²) in [6.45, 7) is 2.85. The summed E-state index contributed by atoms with van der Waals surface area (Å²) in [5.74, 6) is 0.0857. The molecule has 58 heavy (non-hydrogen) atoms. The number of fused-ring (bicyclic) bond motifs is 4. The molecule has 3 aromatic carbocycles. The van der Waals surface area contributed by atoms with Gasteiger partial charge in [0.25, 0.3) is 14.4 Å². The fraction of sp³-hybridized carbons (Fsp3) is 0.390. The Kier molecular flexibility index (Phi) is 11.0. The lowest BCUT2D eigenvalue weighted by Gasteiger charge is -2.32. The molecule has 6 heterocycles. The number of ether oxygens (including phenoxy) is 4. The predicted octanol–water partition coefficient (Wildman–Crippen LogP) is 4.16.